The molecule has 15 valence electrons. The Bertz CT molecular complexity index is 6.85. The average Bonchev–Trinajstić information content (AvgIpc) is 1.00. The van der Waals surface area contributed by atoms with E-state index >= 15 is 0 Å². The summed E-state index contributed by atoms with van der Waals surface area (Å²) in [5.41, 5.74) is 0. The van der Waals surface area contributed by atoms with Gasteiger partial charge in [0.05, 0.1) is 0 Å². The van der Waals surface area contributed by atoms with Gasteiger partial charge in [-0.3, -0.25) is 0 Å². The number of carbonyl (C=O) groups excluding carboxylic acids is 1. The molecule has 0 saturated heterocycles. The van der Waals surface area contributed by atoms with Crippen LogP contribution in [-0.2, 0) is 4.79 Å². The van der Waals surface area contributed by atoms with Crippen molar-refractivity contribution in [1.29, 1.82) is 0 Å². The van der Waals surface area contributed by atoms with Crippen molar-refractivity contribution in [2.45, 2.75) is 0 Å². The van der Waals surface area contributed by atoms with Crippen molar-refractivity contribution in [2.24, 2.45) is 0 Å². The van der Waals surface area contributed by atoms with Crippen LogP contribution in [0.1, 0.15) is 0 Å². The Morgan fingerprint density at radius 3 is 0.800 bits per heavy atom. The molecule has 0 rings (SSSR count). The smallest absolute Gasteiger partial charge is 0.106 e. The van der Waals surface area contributed by atoms with Gasteiger partial charge in [-0.05, 0) is 0 Å². The molecule has 0 saturated carbocycles. The van der Waals surface area contributed by atoms with E-state index < -0.39 is 0 Å². The summed E-state index contributed by atoms with van der Waals surface area (Å²) >= 11 is 0. The quantitative estimate of drug-likeness (QED) is 0.344. The van der Waals surface area contributed by atoms with Crippen LogP contribution in [-0.4, -0.2) is 95.5 Å². The van der Waals surface area contributed by atoms with E-state index in [1.54, 1.807) is 0 Å². The Hall–Kier alpha value is 2.67. The molecule has 3 radical (unpaired) electrons. The van der Waals surface area contributed by atoms with E-state index in [4.69, 9.17) is 4.79 Å². The Balaban J connectivity index is -0.00000000167. The molecule has 0 aromatic heterocycles. The minimum absolute atomic E-state index is 0. The molecule has 0 heterocycles. The molecule has 0 spiro atoms. The van der Waals surface area contributed by atoms with Gasteiger partial charge in [-0.25, -0.2) is 0 Å². The van der Waals surface area contributed by atoms with E-state index in [-0.39, 0.29) is 88.7 Å². The zero-order valence-corrected chi connectivity index (χ0v) is 10.1. The van der Waals surface area contributed by atoms with Crippen molar-refractivity contribution in [2.75, 3.05) is 0 Å². The summed E-state index contributed by atoms with van der Waals surface area (Å²) < 4.78 is 0. The fourth-order valence-electron chi connectivity index (χ4n) is 0. The maximum Gasteiger partial charge on any atom is 0.106 e. The van der Waals surface area contributed by atoms with Gasteiger partial charge in [-0.1, -0.05) is 0 Å². The van der Waals surface area contributed by atoms with Gasteiger partial charge in [0.15, 0.2) is 0 Å². The Morgan fingerprint density at radius 2 is 0.800 bits per heavy atom. The van der Waals surface area contributed by atoms with E-state index in [0.29, 0.717) is 0 Å². The van der Waals surface area contributed by atoms with Crippen LogP contribution in [0.25, 0.3) is 0 Å². The third-order valence-electron chi connectivity index (χ3n) is 0. The molecule has 5 heavy (non-hydrogen) atoms. The van der Waals surface area contributed by atoms with Crippen molar-refractivity contribution in [1.82, 2.24) is 0 Å². The second-order valence-corrected chi connectivity index (χ2v) is 0. The fraction of sp³-hybridized carbons (Fsp3) is 0. The van der Waals surface area contributed by atoms with Gasteiger partial charge in [0.2, 0.25) is 0 Å². The summed E-state index contributed by atoms with van der Waals surface area (Å²) in [5, 5.41) is 0. The van der Waals surface area contributed by atoms with Gasteiger partial charge >= 0.3 is 0 Å². The van der Waals surface area contributed by atoms with Crippen LogP contribution in [0.3, 0.4) is 0 Å². The predicted octanol–water partition coefficient (Wildman–Crippen LogP) is -1.33. The monoisotopic (exact) mass is 99.0 g/mol. The Morgan fingerprint density at radius 1 is 0.800 bits per heavy atom. The van der Waals surface area contributed by atoms with Crippen LogP contribution < -0.4 is 0 Å². The van der Waals surface area contributed by atoms with Crippen LogP contribution in [0, 0.1) is 0 Å². The Labute approximate surface area is 98.1 Å². The minimum Gasteiger partial charge on any atom is -0.307 e. The molecule has 4 heteroatoms. The van der Waals surface area contributed by atoms with E-state index in [0.717, 1.165) is 0 Å². The first-order valence-electron chi connectivity index (χ1n) is 0.289. The first-order valence-corrected chi connectivity index (χ1v) is 0.289. The minimum atomic E-state index is 0. The first-order chi connectivity index (χ1) is 1.00. The summed E-state index contributed by atoms with van der Waals surface area (Å²) in [6.07, 6.45) is 0. The number of hydrogen-bond acceptors (Lipinski definition) is 1. The third-order valence-corrected chi connectivity index (χ3v) is 0. The van der Waals surface area contributed by atoms with Gasteiger partial charge in [0.1, 0.15) is 6.79 Å². The van der Waals surface area contributed by atoms with E-state index in [9.17, 15) is 0 Å². The summed E-state index contributed by atoms with van der Waals surface area (Å²) in [6.45, 7) is 2.00. The molecule has 0 aliphatic rings. The molecular formula is CH2Na3O. The van der Waals surface area contributed by atoms with Crippen LogP contribution >= 0.6 is 0 Å². The van der Waals surface area contributed by atoms with Crippen molar-refractivity contribution in [3.05, 3.63) is 0 Å². The van der Waals surface area contributed by atoms with Crippen molar-refractivity contribution in [3.63, 3.8) is 0 Å². The number of hydrogen-bond donors (Lipinski definition) is 0. The molecule has 0 aliphatic carbocycles. The second kappa shape index (κ2) is 30.1. The zero-order chi connectivity index (χ0) is 2.00. The van der Waals surface area contributed by atoms with Crippen LogP contribution in [0.2, 0.25) is 0 Å². The molecule has 1 nitrogen and oxygen atoms in total. The number of rotatable bonds is 0. The molecule has 0 aromatic carbocycles. The molecule has 0 atom stereocenters. The standard InChI is InChI=1S/CH2O.3Na/c1-2;;;/h1H2;;;. The molecule has 0 bridgehead atoms. The summed E-state index contributed by atoms with van der Waals surface area (Å²) in [7, 11) is 0. The molecule has 0 N–H and O–H groups in total. The maximum absolute atomic E-state index is 8.00. The molecule has 0 aliphatic heterocycles. The van der Waals surface area contributed by atoms with Crippen molar-refractivity contribution < 1.29 is 4.79 Å². The largest absolute Gasteiger partial charge is 0.307 e. The van der Waals surface area contributed by atoms with Crippen LogP contribution in [0.15, 0.2) is 0 Å². The van der Waals surface area contributed by atoms with E-state index in [2.05, 4.69) is 0 Å². The summed E-state index contributed by atoms with van der Waals surface area (Å²) in [4.78, 5) is 8.00. The molecule has 0 unspecified atom stereocenters. The van der Waals surface area contributed by atoms with Crippen molar-refractivity contribution in [3.8, 4) is 0 Å². The molecule has 0 aromatic rings. The summed E-state index contributed by atoms with van der Waals surface area (Å²) in [5.74, 6) is 0. The van der Waals surface area contributed by atoms with Crippen LogP contribution in [0.5, 0.6) is 0 Å². The SMILES string of the molecule is C=O.[Na].[Na].[Na]. The van der Waals surface area contributed by atoms with E-state index in [1.165, 1.54) is 0 Å². The fourth-order valence-corrected chi connectivity index (χ4v) is 0. The van der Waals surface area contributed by atoms with Gasteiger partial charge in [0.25, 0.3) is 0 Å². The molecular weight excluding hydrogens is 97.0 g/mol. The second-order valence-electron chi connectivity index (χ2n) is 0. The number of carbonyl (C=O) groups is 1. The van der Waals surface area contributed by atoms with Gasteiger partial charge in [-0.15, -0.1) is 0 Å². The molecule has 0 amide bonds. The van der Waals surface area contributed by atoms with Gasteiger partial charge in [0, 0.05) is 88.7 Å². The zero-order valence-electron chi connectivity index (χ0n) is 4.12. The average molecular weight is 99.0 g/mol. The maximum atomic E-state index is 8.00. The van der Waals surface area contributed by atoms with Gasteiger partial charge in [-0.2, -0.15) is 0 Å². The topological polar surface area (TPSA) is 17.1 Å². The normalized spacial score (nSPS) is 0.800. The Kier molecular flexibility index (Phi) is 152. The van der Waals surface area contributed by atoms with Crippen LogP contribution in [0.4, 0.5) is 0 Å². The van der Waals surface area contributed by atoms with Crippen molar-refractivity contribution >= 4 is 95.5 Å². The van der Waals surface area contributed by atoms with E-state index in [1.807, 2.05) is 6.79 Å². The first kappa shape index (κ1) is 25.3. The van der Waals surface area contributed by atoms with Gasteiger partial charge < -0.3 is 4.79 Å². The summed E-state index contributed by atoms with van der Waals surface area (Å²) in [6, 6.07) is 0. The third kappa shape index (κ3) is 20.4. The molecule has 0 fully saturated rings. The predicted molar refractivity (Wildman–Crippen MR) is 24.4 cm³/mol.